The summed E-state index contributed by atoms with van der Waals surface area (Å²) < 4.78 is 0. The molecular weight excluding hydrogens is 266 g/mol. The van der Waals surface area contributed by atoms with Crippen molar-refractivity contribution < 1.29 is 0 Å². The molecule has 0 aromatic heterocycles. The minimum atomic E-state index is 0.216. The summed E-state index contributed by atoms with van der Waals surface area (Å²) in [6.07, 6.45) is 0.953. The third-order valence-electron chi connectivity index (χ3n) is 4.18. The van der Waals surface area contributed by atoms with Gasteiger partial charge < -0.3 is 0 Å². The molecule has 1 heteroatoms. The van der Waals surface area contributed by atoms with Crippen LogP contribution in [-0.2, 0) is 6.42 Å². The standard InChI is InChI=1S/C21H17N/c1-3-9-16(10-4-1)15-20-18-13-7-8-14-19(18)21(22-20)17-11-5-2-6-12-17/h1-14,20H,15H2. The van der Waals surface area contributed by atoms with Crippen LogP contribution in [0, 0.1) is 0 Å². The van der Waals surface area contributed by atoms with Crippen LogP contribution in [-0.4, -0.2) is 5.71 Å². The molecule has 0 spiro atoms. The average Bonchev–Trinajstić information content (AvgIpc) is 2.96. The van der Waals surface area contributed by atoms with Crippen LogP contribution < -0.4 is 0 Å². The van der Waals surface area contributed by atoms with E-state index in [9.17, 15) is 0 Å². The lowest BCUT2D eigenvalue weighted by Crippen LogP contribution is -1.99. The van der Waals surface area contributed by atoms with Crippen LogP contribution in [0.5, 0.6) is 0 Å². The zero-order valence-corrected chi connectivity index (χ0v) is 12.3. The lowest BCUT2D eigenvalue weighted by Gasteiger charge is -2.09. The van der Waals surface area contributed by atoms with Crippen LogP contribution in [0.3, 0.4) is 0 Å². The van der Waals surface area contributed by atoms with Crippen molar-refractivity contribution in [2.75, 3.05) is 0 Å². The first-order chi connectivity index (χ1) is 10.9. The molecule has 22 heavy (non-hydrogen) atoms. The molecule has 1 heterocycles. The Kier molecular flexibility index (Phi) is 3.32. The van der Waals surface area contributed by atoms with Crippen LogP contribution in [0.2, 0.25) is 0 Å². The number of hydrogen-bond acceptors (Lipinski definition) is 1. The maximum atomic E-state index is 5.04. The summed E-state index contributed by atoms with van der Waals surface area (Å²) in [6, 6.07) is 29.9. The number of aliphatic imine (C=N–C) groups is 1. The van der Waals surface area contributed by atoms with Gasteiger partial charge in [0.05, 0.1) is 11.8 Å². The summed E-state index contributed by atoms with van der Waals surface area (Å²) in [7, 11) is 0. The van der Waals surface area contributed by atoms with Crippen molar-refractivity contribution in [1.82, 2.24) is 0 Å². The van der Waals surface area contributed by atoms with Crippen molar-refractivity contribution in [3.05, 3.63) is 107 Å². The normalized spacial score (nSPS) is 16.2. The molecule has 1 nitrogen and oxygen atoms in total. The lowest BCUT2D eigenvalue weighted by molar-refractivity contribution is 0.740. The second kappa shape index (κ2) is 5.61. The van der Waals surface area contributed by atoms with Crippen LogP contribution in [0.25, 0.3) is 0 Å². The molecule has 1 aliphatic rings. The molecule has 1 aliphatic heterocycles. The monoisotopic (exact) mass is 283 g/mol. The molecule has 0 N–H and O–H groups in total. The molecule has 0 radical (unpaired) electrons. The number of fused-ring (bicyclic) bond motifs is 1. The first-order valence-corrected chi connectivity index (χ1v) is 7.68. The zero-order chi connectivity index (χ0) is 14.8. The molecule has 0 saturated heterocycles. The van der Waals surface area contributed by atoms with Gasteiger partial charge in [-0.3, -0.25) is 4.99 Å². The average molecular weight is 283 g/mol. The second-order valence-electron chi connectivity index (χ2n) is 5.64. The quantitative estimate of drug-likeness (QED) is 0.653. The zero-order valence-electron chi connectivity index (χ0n) is 12.3. The third kappa shape index (κ3) is 2.35. The number of nitrogens with zero attached hydrogens (tertiary/aromatic N) is 1. The van der Waals surface area contributed by atoms with Crippen molar-refractivity contribution in [2.24, 2.45) is 4.99 Å². The molecule has 1 atom stereocenters. The Morgan fingerprint density at radius 3 is 2.09 bits per heavy atom. The molecule has 0 saturated carbocycles. The highest BCUT2D eigenvalue weighted by molar-refractivity contribution is 6.15. The lowest BCUT2D eigenvalue weighted by atomic mass is 9.95. The van der Waals surface area contributed by atoms with Gasteiger partial charge in [-0.25, -0.2) is 0 Å². The third-order valence-corrected chi connectivity index (χ3v) is 4.18. The van der Waals surface area contributed by atoms with Gasteiger partial charge in [0.15, 0.2) is 0 Å². The van der Waals surface area contributed by atoms with E-state index >= 15 is 0 Å². The van der Waals surface area contributed by atoms with Crippen LogP contribution in [0.15, 0.2) is 89.9 Å². The van der Waals surface area contributed by atoms with Gasteiger partial charge in [-0.15, -0.1) is 0 Å². The highest BCUT2D eigenvalue weighted by Crippen LogP contribution is 2.34. The van der Waals surface area contributed by atoms with Gasteiger partial charge >= 0.3 is 0 Å². The molecule has 0 fully saturated rings. The first-order valence-electron chi connectivity index (χ1n) is 7.68. The summed E-state index contributed by atoms with van der Waals surface area (Å²) >= 11 is 0. The highest BCUT2D eigenvalue weighted by atomic mass is 14.8. The Labute approximate surface area is 131 Å². The Balaban J connectivity index is 1.75. The Bertz CT molecular complexity index is 804. The molecule has 3 aromatic rings. The van der Waals surface area contributed by atoms with Gasteiger partial charge in [0.2, 0.25) is 0 Å². The topological polar surface area (TPSA) is 12.4 Å². The predicted octanol–water partition coefficient (Wildman–Crippen LogP) is 4.82. The first kappa shape index (κ1) is 13.0. The largest absolute Gasteiger partial charge is 0.276 e. The summed E-state index contributed by atoms with van der Waals surface area (Å²) in [5, 5.41) is 0. The van der Waals surface area contributed by atoms with Crippen molar-refractivity contribution in [3.63, 3.8) is 0 Å². The minimum Gasteiger partial charge on any atom is -0.276 e. The summed E-state index contributed by atoms with van der Waals surface area (Å²) in [4.78, 5) is 5.04. The Morgan fingerprint density at radius 1 is 0.682 bits per heavy atom. The van der Waals surface area contributed by atoms with Gasteiger partial charge in [0, 0.05) is 11.1 Å². The van der Waals surface area contributed by atoms with Gasteiger partial charge in [0.25, 0.3) is 0 Å². The molecular formula is C21H17N. The van der Waals surface area contributed by atoms with Gasteiger partial charge in [-0.05, 0) is 17.5 Å². The van der Waals surface area contributed by atoms with Gasteiger partial charge in [-0.2, -0.15) is 0 Å². The van der Waals surface area contributed by atoms with E-state index in [0.29, 0.717) is 0 Å². The molecule has 0 bridgehead atoms. The van der Waals surface area contributed by atoms with E-state index in [2.05, 4.69) is 78.9 Å². The fourth-order valence-corrected chi connectivity index (χ4v) is 3.12. The predicted molar refractivity (Wildman–Crippen MR) is 91.4 cm³/mol. The Hall–Kier alpha value is -2.67. The summed E-state index contributed by atoms with van der Waals surface area (Å²) in [6.45, 7) is 0. The SMILES string of the molecule is c1ccc(CC2N=C(c3ccccc3)c3ccccc32)cc1. The summed E-state index contributed by atoms with van der Waals surface area (Å²) in [5.41, 5.74) is 6.27. The number of benzene rings is 3. The minimum absolute atomic E-state index is 0.216. The highest BCUT2D eigenvalue weighted by Gasteiger charge is 2.25. The molecule has 106 valence electrons. The van der Waals surface area contributed by atoms with E-state index < -0.39 is 0 Å². The fourth-order valence-electron chi connectivity index (χ4n) is 3.12. The van der Waals surface area contributed by atoms with Crippen LogP contribution in [0.1, 0.15) is 28.3 Å². The van der Waals surface area contributed by atoms with Crippen LogP contribution >= 0.6 is 0 Å². The number of hydrogen-bond donors (Lipinski definition) is 0. The maximum Gasteiger partial charge on any atom is 0.0803 e. The van der Waals surface area contributed by atoms with Crippen molar-refractivity contribution >= 4 is 5.71 Å². The summed E-state index contributed by atoms with van der Waals surface area (Å²) in [5.74, 6) is 0. The smallest absolute Gasteiger partial charge is 0.0803 e. The van der Waals surface area contributed by atoms with Crippen molar-refractivity contribution in [3.8, 4) is 0 Å². The van der Waals surface area contributed by atoms with E-state index in [0.717, 1.165) is 12.1 Å². The Morgan fingerprint density at radius 2 is 1.32 bits per heavy atom. The van der Waals surface area contributed by atoms with E-state index in [4.69, 9.17) is 4.99 Å². The van der Waals surface area contributed by atoms with Crippen LogP contribution in [0.4, 0.5) is 0 Å². The van der Waals surface area contributed by atoms with Crippen molar-refractivity contribution in [1.29, 1.82) is 0 Å². The molecule has 0 aliphatic carbocycles. The maximum absolute atomic E-state index is 5.04. The number of rotatable bonds is 3. The van der Waals surface area contributed by atoms with E-state index in [1.165, 1.54) is 22.3 Å². The van der Waals surface area contributed by atoms with Gasteiger partial charge in [-0.1, -0.05) is 84.9 Å². The molecule has 1 unspecified atom stereocenters. The van der Waals surface area contributed by atoms with Gasteiger partial charge in [0.1, 0.15) is 0 Å². The van der Waals surface area contributed by atoms with E-state index in [1.54, 1.807) is 0 Å². The molecule has 0 amide bonds. The molecule has 4 rings (SSSR count). The second-order valence-corrected chi connectivity index (χ2v) is 5.64. The van der Waals surface area contributed by atoms with Crippen molar-refractivity contribution in [2.45, 2.75) is 12.5 Å². The molecule has 3 aromatic carbocycles. The van der Waals surface area contributed by atoms with E-state index in [-0.39, 0.29) is 6.04 Å². The fraction of sp³-hybridized carbons (Fsp3) is 0.0952. The van der Waals surface area contributed by atoms with E-state index in [1.807, 2.05) is 6.07 Å².